The van der Waals surface area contributed by atoms with Gasteiger partial charge in [0.2, 0.25) is 5.91 Å². The number of hydrogen-bond donors (Lipinski definition) is 2. The summed E-state index contributed by atoms with van der Waals surface area (Å²) in [7, 11) is 3.00. The van der Waals surface area contributed by atoms with E-state index in [0.717, 1.165) is 0 Å². The predicted molar refractivity (Wildman–Crippen MR) is 77.6 cm³/mol. The first-order valence-corrected chi connectivity index (χ1v) is 6.32. The lowest BCUT2D eigenvalue weighted by Crippen LogP contribution is -2.39. The van der Waals surface area contributed by atoms with Crippen LogP contribution in [0.3, 0.4) is 0 Å². The maximum absolute atomic E-state index is 11.7. The molecule has 0 saturated carbocycles. The molecular formula is C13H19N3O5. The van der Waals surface area contributed by atoms with Crippen molar-refractivity contribution in [3.05, 3.63) is 28.3 Å². The van der Waals surface area contributed by atoms with Gasteiger partial charge in [-0.1, -0.05) is 0 Å². The molecule has 1 atom stereocenters. The fourth-order valence-electron chi connectivity index (χ4n) is 1.74. The van der Waals surface area contributed by atoms with Crippen molar-refractivity contribution >= 4 is 17.3 Å². The van der Waals surface area contributed by atoms with Crippen LogP contribution < -0.4 is 15.4 Å². The van der Waals surface area contributed by atoms with Crippen LogP contribution in [-0.2, 0) is 9.53 Å². The van der Waals surface area contributed by atoms with E-state index in [1.54, 1.807) is 7.11 Å². The van der Waals surface area contributed by atoms with Gasteiger partial charge < -0.3 is 20.1 Å². The highest BCUT2D eigenvalue weighted by Gasteiger charge is 2.13. The number of carbonyl (C=O) groups is 1. The normalized spacial score (nSPS) is 11.6. The Kier molecular flexibility index (Phi) is 6.41. The molecule has 1 aromatic carbocycles. The molecule has 0 aromatic heterocycles. The first-order chi connectivity index (χ1) is 9.97. The highest BCUT2D eigenvalue weighted by atomic mass is 16.6. The van der Waals surface area contributed by atoms with E-state index in [4.69, 9.17) is 9.47 Å². The second-order valence-corrected chi connectivity index (χ2v) is 4.42. The maximum Gasteiger partial charge on any atom is 0.271 e. The Morgan fingerprint density at radius 2 is 2.14 bits per heavy atom. The molecule has 2 N–H and O–H groups in total. The lowest BCUT2D eigenvalue weighted by Gasteiger charge is -2.14. The highest BCUT2D eigenvalue weighted by molar-refractivity contribution is 5.81. The number of hydrogen-bond acceptors (Lipinski definition) is 6. The van der Waals surface area contributed by atoms with Crippen molar-refractivity contribution in [2.45, 2.75) is 13.0 Å². The van der Waals surface area contributed by atoms with E-state index in [9.17, 15) is 14.9 Å². The fraction of sp³-hybridized carbons (Fsp3) is 0.462. The van der Waals surface area contributed by atoms with Crippen LogP contribution in [0.4, 0.5) is 11.4 Å². The number of nitro benzene ring substituents is 1. The van der Waals surface area contributed by atoms with Gasteiger partial charge in [-0.25, -0.2) is 0 Å². The van der Waals surface area contributed by atoms with E-state index in [0.29, 0.717) is 18.0 Å². The zero-order valence-corrected chi connectivity index (χ0v) is 12.2. The molecule has 1 aromatic rings. The third-order valence-electron chi connectivity index (χ3n) is 2.66. The van der Waals surface area contributed by atoms with Crippen LogP contribution in [0.1, 0.15) is 6.92 Å². The summed E-state index contributed by atoms with van der Waals surface area (Å²) in [6, 6.07) is 4.03. The molecule has 0 radical (unpaired) electrons. The Morgan fingerprint density at radius 3 is 2.71 bits per heavy atom. The van der Waals surface area contributed by atoms with Gasteiger partial charge in [-0.15, -0.1) is 0 Å². The van der Waals surface area contributed by atoms with Gasteiger partial charge in [-0.2, -0.15) is 0 Å². The average Bonchev–Trinajstić information content (AvgIpc) is 2.44. The standard InChI is InChI=1S/C13H19N3O5/c1-9(8-20-2)15-13(17)7-14-11-6-10(16(18)19)4-5-12(11)21-3/h4-6,9,14H,7-8H2,1-3H3,(H,15,17). The molecule has 0 saturated heterocycles. The van der Waals surface area contributed by atoms with Crippen molar-refractivity contribution in [3.8, 4) is 5.75 Å². The largest absolute Gasteiger partial charge is 0.495 e. The van der Waals surface area contributed by atoms with Crippen molar-refractivity contribution in [2.24, 2.45) is 0 Å². The lowest BCUT2D eigenvalue weighted by molar-refractivity contribution is -0.384. The predicted octanol–water partition coefficient (Wildman–Crippen LogP) is 1.17. The number of nitro groups is 1. The highest BCUT2D eigenvalue weighted by Crippen LogP contribution is 2.28. The van der Waals surface area contributed by atoms with E-state index in [1.165, 1.54) is 25.3 Å². The molecule has 0 bridgehead atoms. The number of carbonyl (C=O) groups excluding carboxylic acids is 1. The summed E-state index contributed by atoms with van der Waals surface area (Å²) in [6.07, 6.45) is 0. The SMILES string of the molecule is COCC(C)NC(=O)CNc1cc([N+](=O)[O-])ccc1OC. The zero-order chi connectivity index (χ0) is 15.8. The number of nitrogens with one attached hydrogen (secondary N) is 2. The molecule has 116 valence electrons. The Hall–Kier alpha value is -2.35. The maximum atomic E-state index is 11.7. The molecule has 8 nitrogen and oxygen atoms in total. The van der Waals surface area contributed by atoms with Crippen LogP contribution in [0.15, 0.2) is 18.2 Å². The van der Waals surface area contributed by atoms with E-state index in [1.807, 2.05) is 6.92 Å². The molecule has 1 amide bonds. The van der Waals surface area contributed by atoms with Crippen LogP contribution >= 0.6 is 0 Å². The van der Waals surface area contributed by atoms with Crippen molar-refractivity contribution < 1.29 is 19.2 Å². The van der Waals surface area contributed by atoms with E-state index in [2.05, 4.69) is 10.6 Å². The lowest BCUT2D eigenvalue weighted by atomic mass is 10.2. The third-order valence-corrected chi connectivity index (χ3v) is 2.66. The van der Waals surface area contributed by atoms with Crippen LogP contribution in [-0.4, -0.2) is 44.2 Å². The number of methoxy groups -OCH3 is 2. The Bertz CT molecular complexity index is 507. The summed E-state index contributed by atoms with van der Waals surface area (Å²) in [6.45, 7) is 2.20. The van der Waals surface area contributed by atoms with Crippen molar-refractivity contribution in [3.63, 3.8) is 0 Å². The number of ether oxygens (including phenoxy) is 2. The molecule has 0 aliphatic heterocycles. The summed E-state index contributed by atoms with van der Waals surface area (Å²) in [5, 5.41) is 16.3. The van der Waals surface area contributed by atoms with Crippen molar-refractivity contribution in [2.75, 3.05) is 32.7 Å². The molecule has 8 heteroatoms. The van der Waals surface area contributed by atoms with Gasteiger partial charge in [0.25, 0.3) is 5.69 Å². The number of rotatable bonds is 8. The first-order valence-electron chi connectivity index (χ1n) is 6.32. The molecule has 0 heterocycles. The summed E-state index contributed by atoms with van der Waals surface area (Å²) >= 11 is 0. The van der Waals surface area contributed by atoms with Crippen molar-refractivity contribution in [1.29, 1.82) is 0 Å². The summed E-state index contributed by atoms with van der Waals surface area (Å²) in [5.41, 5.74) is 0.313. The molecule has 1 unspecified atom stereocenters. The minimum absolute atomic E-state index is 0.0222. The molecule has 0 fully saturated rings. The Morgan fingerprint density at radius 1 is 1.43 bits per heavy atom. The smallest absolute Gasteiger partial charge is 0.271 e. The number of amides is 1. The zero-order valence-electron chi connectivity index (χ0n) is 12.2. The topological polar surface area (TPSA) is 103 Å². The first kappa shape index (κ1) is 16.7. The summed E-state index contributed by atoms with van der Waals surface area (Å²) in [5.74, 6) is 0.187. The number of anilines is 1. The minimum atomic E-state index is -0.509. The Balaban J connectivity index is 2.67. The van der Waals surface area contributed by atoms with Crippen LogP contribution in [0.25, 0.3) is 0 Å². The number of nitrogens with zero attached hydrogens (tertiary/aromatic N) is 1. The van der Waals surface area contributed by atoms with Gasteiger partial charge in [0.1, 0.15) is 5.75 Å². The second-order valence-electron chi connectivity index (χ2n) is 4.42. The van der Waals surface area contributed by atoms with E-state index >= 15 is 0 Å². The van der Waals surface area contributed by atoms with Crippen LogP contribution in [0, 0.1) is 10.1 Å². The number of benzene rings is 1. The summed E-state index contributed by atoms with van der Waals surface area (Å²) in [4.78, 5) is 22.0. The van der Waals surface area contributed by atoms with Crippen LogP contribution in [0.2, 0.25) is 0 Å². The fourth-order valence-corrected chi connectivity index (χ4v) is 1.74. The minimum Gasteiger partial charge on any atom is -0.495 e. The summed E-state index contributed by atoms with van der Waals surface area (Å²) < 4.78 is 10.0. The van der Waals surface area contributed by atoms with Gasteiger partial charge in [-0.3, -0.25) is 14.9 Å². The van der Waals surface area contributed by atoms with E-state index in [-0.39, 0.29) is 24.2 Å². The Labute approximate surface area is 122 Å². The van der Waals surface area contributed by atoms with Gasteiger partial charge >= 0.3 is 0 Å². The van der Waals surface area contributed by atoms with Gasteiger partial charge in [-0.05, 0) is 13.0 Å². The average molecular weight is 297 g/mol. The molecule has 21 heavy (non-hydrogen) atoms. The molecule has 0 aliphatic rings. The van der Waals surface area contributed by atoms with E-state index < -0.39 is 4.92 Å². The monoisotopic (exact) mass is 297 g/mol. The third kappa shape index (κ3) is 5.27. The molecule has 0 spiro atoms. The second kappa shape index (κ2) is 8.05. The molecule has 0 aliphatic carbocycles. The number of non-ortho nitro benzene ring substituents is 1. The van der Waals surface area contributed by atoms with Gasteiger partial charge in [0.05, 0.1) is 30.9 Å². The van der Waals surface area contributed by atoms with Gasteiger partial charge in [0, 0.05) is 25.3 Å². The van der Waals surface area contributed by atoms with Crippen LogP contribution in [0.5, 0.6) is 5.75 Å². The molecular weight excluding hydrogens is 278 g/mol. The molecule has 1 rings (SSSR count). The van der Waals surface area contributed by atoms with Crippen molar-refractivity contribution in [1.82, 2.24) is 5.32 Å². The quantitative estimate of drug-likeness (QED) is 0.551. The van der Waals surface area contributed by atoms with Gasteiger partial charge in [0.15, 0.2) is 0 Å².